The monoisotopic (exact) mass is 319 g/mol. The summed E-state index contributed by atoms with van der Waals surface area (Å²) < 4.78 is 13.7. The van der Waals surface area contributed by atoms with E-state index >= 15 is 0 Å². The zero-order valence-electron chi connectivity index (χ0n) is 10.2. The average molecular weight is 320 g/mol. The van der Waals surface area contributed by atoms with Crippen molar-refractivity contribution < 1.29 is 4.39 Å². The van der Waals surface area contributed by atoms with Gasteiger partial charge in [-0.25, -0.2) is 4.39 Å². The van der Waals surface area contributed by atoms with Gasteiger partial charge in [0.2, 0.25) is 0 Å². The van der Waals surface area contributed by atoms with E-state index < -0.39 is 5.82 Å². The highest BCUT2D eigenvalue weighted by atomic mass is 79.9. The van der Waals surface area contributed by atoms with Crippen LogP contribution in [0.3, 0.4) is 0 Å². The molecule has 0 spiro atoms. The number of anilines is 3. The molecule has 2 N–H and O–H groups in total. The van der Waals surface area contributed by atoms with Gasteiger partial charge in [0.1, 0.15) is 5.82 Å². The van der Waals surface area contributed by atoms with Gasteiger partial charge < -0.3 is 10.6 Å². The van der Waals surface area contributed by atoms with Crippen molar-refractivity contribution in [2.24, 2.45) is 0 Å². The maximum absolute atomic E-state index is 13.3. The predicted octanol–water partition coefficient (Wildman–Crippen LogP) is 3.81. The summed E-state index contributed by atoms with van der Waals surface area (Å²) in [5.41, 5.74) is 8.33. The Bertz CT molecular complexity index is 647. The third kappa shape index (κ3) is 2.69. The van der Waals surface area contributed by atoms with Gasteiger partial charge in [0.15, 0.2) is 0 Å². The summed E-state index contributed by atoms with van der Waals surface area (Å²) in [7, 11) is 1.83. The summed E-state index contributed by atoms with van der Waals surface area (Å²) in [6.45, 7) is 0. The number of nitrogens with zero attached hydrogens (tertiary/aromatic N) is 2. The molecule has 2 aromatic carbocycles. The van der Waals surface area contributed by atoms with Crippen molar-refractivity contribution in [2.75, 3.05) is 17.7 Å². The first-order valence-electron chi connectivity index (χ1n) is 5.51. The van der Waals surface area contributed by atoms with Gasteiger partial charge in [0, 0.05) is 18.8 Å². The van der Waals surface area contributed by atoms with Gasteiger partial charge in [-0.15, -0.1) is 0 Å². The largest absolute Gasteiger partial charge is 0.397 e. The summed E-state index contributed by atoms with van der Waals surface area (Å²) in [4.78, 5) is 1.83. The van der Waals surface area contributed by atoms with Crippen molar-refractivity contribution in [1.82, 2.24) is 0 Å². The smallest absolute Gasteiger partial charge is 0.139 e. The maximum Gasteiger partial charge on any atom is 0.139 e. The first-order valence-corrected chi connectivity index (χ1v) is 6.30. The molecular weight excluding hydrogens is 309 g/mol. The number of rotatable bonds is 2. The highest BCUT2D eigenvalue weighted by Crippen LogP contribution is 2.33. The minimum absolute atomic E-state index is 0.354. The Morgan fingerprint density at radius 2 is 1.89 bits per heavy atom. The molecule has 2 rings (SSSR count). The fourth-order valence-electron chi connectivity index (χ4n) is 1.74. The molecule has 0 saturated carbocycles. The third-order valence-electron chi connectivity index (χ3n) is 2.81. The van der Waals surface area contributed by atoms with Gasteiger partial charge in [-0.1, -0.05) is 0 Å². The van der Waals surface area contributed by atoms with Crippen molar-refractivity contribution in [3.05, 3.63) is 52.3 Å². The first kappa shape index (κ1) is 13.4. The highest BCUT2D eigenvalue weighted by molar-refractivity contribution is 9.10. The second kappa shape index (κ2) is 5.29. The van der Waals surface area contributed by atoms with Crippen molar-refractivity contribution in [3.63, 3.8) is 0 Å². The zero-order chi connectivity index (χ0) is 14.0. The van der Waals surface area contributed by atoms with E-state index in [2.05, 4.69) is 22.0 Å². The molecule has 5 heteroatoms. The van der Waals surface area contributed by atoms with Crippen LogP contribution in [0.2, 0.25) is 0 Å². The molecule has 0 bridgehead atoms. The molecule has 0 amide bonds. The Balaban J connectivity index is 2.41. The molecule has 0 saturated heterocycles. The molecular formula is C14H11BrFN3. The lowest BCUT2D eigenvalue weighted by Gasteiger charge is -2.21. The summed E-state index contributed by atoms with van der Waals surface area (Å²) in [5, 5.41) is 8.76. The van der Waals surface area contributed by atoms with Crippen molar-refractivity contribution in [2.45, 2.75) is 0 Å². The number of hydrogen-bond donors (Lipinski definition) is 1. The fraction of sp³-hybridized carbons (Fsp3) is 0.0714. The van der Waals surface area contributed by atoms with Crippen LogP contribution in [-0.4, -0.2) is 7.05 Å². The minimum Gasteiger partial charge on any atom is -0.397 e. The van der Waals surface area contributed by atoms with Crippen LogP contribution >= 0.6 is 15.9 Å². The van der Waals surface area contributed by atoms with E-state index in [0.29, 0.717) is 21.4 Å². The first-order chi connectivity index (χ1) is 9.02. The summed E-state index contributed by atoms with van der Waals surface area (Å²) in [6.07, 6.45) is 0. The molecule has 19 heavy (non-hydrogen) atoms. The van der Waals surface area contributed by atoms with E-state index in [4.69, 9.17) is 11.0 Å². The van der Waals surface area contributed by atoms with E-state index in [1.54, 1.807) is 18.2 Å². The van der Waals surface area contributed by atoms with E-state index in [0.717, 1.165) is 5.69 Å². The second-order valence-electron chi connectivity index (χ2n) is 4.04. The van der Waals surface area contributed by atoms with Crippen molar-refractivity contribution in [1.29, 1.82) is 5.26 Å². The standard InChI is InChI=1S/C14H11BrFN3/c1-19(10-4-2-9(8-17)3-5-10)14-6-11(15)12(16)7-13(14)18/h2-7H,18H2,1H3. The van der Waals surface area contributed by atoms with Crippen LogP contribution in [0.25, 0.3) is 0 Å². The topological polar surface area (TPSA) is 53.0 Å². The number of nitrogens with two attached hydrogens (primary N) is 1. The number of hydrogen-bond acceptors (Lipinski definition) is 3. The molecule has 0 aliphatic carbocycles. The molecule has 0 unspecified atom stereocenters. The maximum atomic E-state index is 13.3. The molecule has 0 atom stereocenters. The number of nitriles is 1. The highest BCUT2D eigenvalue weighted by Gasteiger charge is 2.11. The van der Waals surface area contributed by atoms with Crippen LogP contribution in [0.4, 0.5) is 21.5 Å². The van der Waals surface area contributed by atoms with Crippen LogP contribution in [-0.2, 0) is 0 Å². The number of nitrogen functional groups attached to an aromatic ring is 1. The Labute approximate surface area is 119 Å². The summed E-state index contributed by atoms with van der Waals surface area (Å²) in [5.74, 6) is -0.394. The average Bonchev–Trinajstić information content (AvgIpc) is 2.42. The quantitative estimate of drug-likeness (QED) is 0.856. The van der Waals surface area contributed by atoms with E-state index in [1.807, 2.05) is 24.1 Å². The molecule has 0 fully saturated rings. The minimum atomic E-state index is -0.394. The Morgan fingerprint density at radius 1 is 1.26 bits per heavy atom. The lowest BCUT2D eigenvalue weighted by atomic mass is 10.2. The van der Waals surface area contributed by atoms with Crippen molar-refractivity contribution >= 4 is 33.0 Å². The van der Waals surface area contributed by atoms with Gasteiger partial charge >= 0.3 is 0 Å². The van der Waals surface area contributed by atoms with Crippen LogP contribution < -0.4 is 10.6 Å². The van der Waals surface area contributed by atoms with Crippen LogP contribution in [0, 0.1) is 17.1 Å². The van der Waals surface area contributed by atoms with E-state index in [1.165, 1.54) is 6.07 Å². The predicted molar refractivity (Wildman–Crippen MR) is 77.7 cm³/mol. The molecule has 0 aliphatic rings. The Kier molecular flexibility index (Phi) is 3.72. The van der Waals surface area contributed by atoms with Crippen LogP contribution in [0.1, 0.15) is 5.56 Å². The van der Waals surface area contributed by atoms with E-state index in [9.17, 15) is 4.39 Å². The van der Waals surface area contributed by atoms with Gasteiger partial charge in [0.05, 0.1) is 27.5 Å². The number of halogens is 2. The Morgan fingerprint density at radius 3 is 2.47 bits per heavy atom. The van der Waals surface area contributed by atoms with Gasteiger partial charge in [0.25, 0.3) is 0 Å². The zero-order valence-corrected chi connectivity index (χ0v) is 11.8. The SMILES string of the molecule is CN(c1ccc(C#N)cc1)c1cc(Br)c(F)cc1N. The summed E-state index contributed by atoms with van der Waals surface area (Å²) >= 11 is 3.14. The molecule has 0 aromatic heterocycles. The normalized spacial score (nSPS) is 10.0. The van der Waals surface area contributed by atoms with Gasteiger partial charge in [-0.2, -0.15) is 5.26 Å². The van der Waals surface area contributed by atoms with E-state index in [-0.39, 0.29) is 0 Å². The fourth-order valence-corrected chi connectivity index (χ4v) is 2.07. The van der Waals surface area contributed by atoms with Crippen LogP contribution in [0.15, 0.2) is 40.9 Å². The molecule has 3 nitrogen and oxygen atoms in total. The lowest BCUT2D eigenvalue weighted by molar-refractivity contribution is 0.622. The van der Waals surface area contributed by atoms with Crippen LogP contribution in [0.5, 0.6) is 0 Å². The van der Waals surface area contributed by atoms with Gasteiger partial charge in [-0.3, -0.25) is 0 Å². The van der Waals surface area contributed by atoms with Gasteiger partial charge in [-0.05, 0) is 46.3 Å². The molecule has 0 aliphatic heterocycles. The number of benzene rings is 2. The lowest BCUT2D eigenvalue weighted by Crippen LogP contribution is -2.12. The molecule has 2 aromatic rings. The summed E-state index contributed by atoms with van der Waals surface area (Å²) in [6, 6.07) is 12.0. The van der Waals surface area contributed by atoms with Crippen molar-refractivity contribution in [3.8, 4) is 6.07 Å². The third-order valence-corrected chi connectivity index (χ3v) is 3.42. The molecule has 96 valence electrons. The Hall–Kier alpha value is -2.06. The second-order valence-corrected chi connectivity index (χ2v) is 4.90. The molecule has 0 radical (unpaired) electrons. The molecule has 0 heterocycles.